The minimum atomic E-state index is 1.22. The number of thiophene rings is 1. The molecule has 0 saturated carbocycles. The summed E-state index contributed by atoms with van der Waals surface area (Å²) in [5.74, 6) is 0. The van der Waals surface area contributed by atoms with Crippen LogP contribution in [0.3, 0.4) is 0 Å². The Kier molecular flexibility index (Phi) is 2.29. The van der Waals surface area contributed by atoms with Gasteiger partial charge in [-0.25, -0.2) is 0 Å². The van der Waals surface area contributed by atoms with Gasteiger partial charge in [-0.3, -0.25) is 0 Å². The fraction of sp³-hybridized carbons (Fsp3) is 0. The van der Waals surface area contributed by atoms with Crippen LogP contribution in [0.4, 0.5) is 0 Å². The smallest absolute Gasteiger partial charge is 0.0551 e. The van der Waals surface area contributed by atoms with Crippen molar-refractivity contribution in [3.63, 3.8) is 0 Å². The zero-order valence-electron chi connectivity index (χ0n) is 12.8. The van der Waals surface area contributed by atoms with Gasteiger partial charge in [0.25, 0.3) is 0 Å². The fourth-order valence-electron chi connectivity index (χ4n) is 4.05. The van der Waals surface area contributed by atoms with Gasteiger partial charge in [0.15, 0.2) is 0 Å². The molecule has 0 radical (unpaired) electrons. The summed E-state index contributed by atoms with van der Waals surface area (Å²) in [5.41, 5.74) is 2.47. The van der Waals surface area contributed by atoms with Gasteiger partial charge in [-0.15, -0.1) is 11.3 Å². The Labute approximate surface area is 142 Å². The van der Waals surface area contributed by atoms with Crippen molar-refractivity contribution >= 4 is 64.8 Å². The third-order valence-corrected chi connectivity index (χ3v) is 6.01. The van der Waals surface area contributed by atoms with Crippen LogP contribution in [0.15, 0.2) is 72.1 Å². The Morgan fingerprint density at radius 1 is 0.625 bits per heavy atom. The average Bonchev–Trinajstić information content (AvgIpc) is 3.26. The molecule has 112 valence electrons. The van der Waals surface area contributed by atoms with Crippen LogP contribution in [0, 0.1) is 0 Å². The largest absolute Gasteiger partial charge is 0.354 e. The molecule has 1 N–H and O–H groups in total. The summed E-state index contributed by atoms with van der Waals surface area (Å²) < 4.78 is 1.37. The third-order valence-electron chi connectivity index (χ3n) is 5.06. The Hall–Kier alpha value is -2.84. The number of rotatable bonds is 0. The molecule has 2 aromatic heterocycles. The van der Waals surface area contributed by atoms with E-state index in [0.717, 1.165) is 0 Å². The van der Waals surface area contributed by atoms with E-state index in [4.69, 9.17) is 0 Å². The summed E-state index contributed by atoms with van der Waals surface area (Å²) in [6.45, 7) is 0. The maximum absolute atomic E-state index is 3.70. The van der Waals surface area contributed by atoms with Crippen LogP contribution in [-0.4, -0.2) is 4.98 Å². The van der Waals surface area contributed by atoms with E-state index in [2.05, 4.69) is 77.1 Å². The molecule has 0 saturated heterocycles. The van der Waals surface area contributed by atoms with E-state index in [1.165, 1.54) is 53.4 Å². The lowest BCUT2D eigenvalue weighted by atomic mass is 9.97. The van der Waals surface area contributed by atoms with Gasteiger partial charge in [-0.1, -0.05) is 54.6 Å². The van der Waals surface area contributed by atoms with Crippen LogP contribution in [0.2, 0.25) is 0 Å². The van der Waals surface area contributed by atoms with Crippen molar-refractivity contribution in [1.82, 2.24) is 4.98 Å². The highest BCUT2D eigenvalue weighted by atomic mass is 32.1. The van der Waals surface area contributed by atoms with Crippen molar-refractivity contribution in [2.24, 2.45) is 0 Å². The zero-order chi connectivity index (χ0) is 15.7. The van der Waals surface area contributed by atoms with Gasteiger partial charge in [0.2, 0.25) is 0 Å². The highest BCUT2D eigenvalue weighted by Crippen LogP contribution is 2.42. The lowest BCUT2D eigenvalue weighted by Gasteiger charge is -2.07. The van der Waals surface area contributed by atoms with Crippen LogP contribution in [0.25, 0.3) is 53.4 Å². The maximum atomic E-state index is 3.70. The highest BCUT2D eigenvalue weighted by molar-refractivity contribution is 7.18. The Balaban J connectivity index is 2.08. The number of nitrogens with one attached hydrogen (secondary N) is 1. The van der Waals surface area contributed by atoms with E-state index in [9.17, 15) is 0 Å². The quantitative estimate of drug-likeness (QED) is 0.294. The number of H-pyrrole nitrogens is 1. The van der Waals surface area contributed by atoms with Crippen LogP contribution < -0.4 is 0 Å². The molecule has 1 nitrogen and oxygen atoms in total. The molecule has 2 heteroatoms. The molecular weight excluding hydrogens is 310 g/mol. The predicted octanol–water partition coefficient (Wildman–Crippen LogP) is 6.84. The summed E-state index contributed by atoms with van der Waals surface area (Å²) in [6.07, 6.45) is 0. The number of benzene rings is 4. The van der Waals surface area contributed by atoms with Gasteiger partial charge in [0, 0.05) is 26.4 Å². The molecular formula is C22H13NS. The van der Waals surface area contributed by atoms with Crippen LogP contribution in [0.5, 0.6) is 0 Å². The van der Waals surface area contributed by atoms with Gasteiger partial charge >= 0.3 is 0 Å². The van der Waals surface area contributed by atoms with Crippen molar-refractivity contribution in [3.05, 3.63) is 72.1 Å². The molecule has 0 atom stereocenters. The number of fused-ring (bicyclic) bond motifs is 10. The molecule has 0 aliphatic heterocycles. The van der Waals surface area contributed by atoms with Crippen LogP contribution >= 0.6 is 11.3 Å². The highest BCUT2D eigenvalue weighted by Gasteiger charge is 2.15. The lowest BCUT2D eigenvalue weighted by molar-refractivity contribution is 1.57. The second-order valence-electron chi connectivity index (χ2n) is 6.29. The summed E-state index contributed by atoms with van der Waals surface area (Å²) in [6, 6.07) is 24.1. The molecule has 0 spiro atoms. The molecule has 24 heavy (non-hydrogen) atoms. The molecule has 0 amide bonds. The minimum Gasteiger partial charge on any atom is -0.354 e. The van der Waals surface area contributed by atoms with E-state index < -0.39 is 0 Å². The summed E-state index contributed by atoms with van der Waals surface area (Å²) in [7, 11) is 0. The number of aromatic nitrogens is 1. The van der Waals surface area contributed by atoms with E-state index in [1.807, 2.05) is 11.3 Å². The fourth-order valence-corrected chi connectivity index (χ4v) is 5.00. The zero-order valence-corrected chi connectivity index (χ0v) is 13.7. The minimum absolute atomic E-state index is 1.22. The first-order chi connectivity index (χ1) is 11.9. The first kappa shape index (κ1) is 12.6. The summed E-state index contributed by atoms with van der Waals surface area (Å²) in [4.78, 5) is 3.70. The van der Waals surface area contributed by atoms with Gasteiger partial charge in [-0.05, 0) is 39.1 Å². The van der Waals surface area contributed by atoms with Gasteiger partial charge in [0.05, 0.1) is 5.52 Å². The predicted molar refractivity (Wildman–Crippen MR) is 106 cm³/mol. The van der Waals surface area contributed by atoms with Crippen molar-refractivity contribution < 1.29 is 0 Å². The third kappa shape index (κ3) is 1.44. The molecule has 2 heterocycles. The topological polar surface area (TPSA) is 15.8 Å². The lowest BCUT2D eigenvalue weighted by Crippen LogP contribution is -1.80. The molecule has 6 aromatic rings. The van der Waals surface area contributed by atoms with E-state index >= 15 is 0 Å². The van der Waals surface area contributed by atoms with Crippen LogP contribution in [-0.2, 0) is 0 Å². The molecule has 0 bridgehead atoms. The first-order valence-corrected chi connectivity index (χ1v) is 9.01. The second-order valence-corrected chi connectivity index (χ2v) is 7.21. The Bertz CT molecular complexity index is 1400. The van der Waals surface area contributed by atoms with Crippen molar-refractivity contribution in [1.29, 1.82) is 0 Å². The van der Waals surface area contributed by atoms with Crippen molar-refractivity contribution in [2.45, 2.75) is 0 Å². The average molecular weight is 323 g/mol. The number of aromatic amines is 1. The van der Waals surface area contributed by atoms with Crippen LogP contribution in [0.1, 0.15) is 0 Å². The Morgan fingerprint density at radius 3 is 2.17 bits per heavy atom. The van der Waals surface area contributed by atoms with Crippen molar-refractivity contribution in [2.75, 3.05) is 0 Å². The van der Waals surface area contributed by atoms with Gasteiger partial charge < -0.3 is 4.98 Å². The standard InChI is InChI=1S/C22H13NS/c1-3-7-16-14(5-1)15-6-2-4-8-17(15)21-19(16)20-18(23-21)10-9-13-11-12-24-22(13)20/h1-12,23H. The van der Waals surface area contributed by atoms with E-state index in [-0.39, 0.29) is 0 Å². The second kappa shape index (κ2) is 4.37. The molecule has 0 aliphatic rings. The van der Waals surface area contributed by atoms with Crippen molar-refractivity contribution in [3.8, 4) is 0 Å². The van der Waals surface area contributed by atoms with E-state index in [1.54, 1.807) is 0 Å². The molecule has 0 fully saturated rings. The molecule has 0 unspecified atom stereocenters. The Morgan fingerprint density at radius 2 is 1.33 bits per heavy atom. The summed E-state index contributed by atoms with van der Waals surface area (Å²) >= 11 is 1.83. The number of hydrogen-bond donors (Lipinski definition) is 1. The number of hydrogen-bond acceptors (Lipinski definition) is 1. The van der Waals surface area contributed by atoms with E-state index in [0.29, 0.717) is 0 Å². The molecule has 6 rings (SSSR count). The van der Waals surface area contributed by atoms with Gasteiger partial charge in [-0.2, -0.15) is 0 Å². The maximum Gasteiger partial charge on any atom is 0.0551 e. The monoisotopic (exact) mass is 323 g/mol. The summed E-state index contributed by atoms with van der Waals surface area (Å²) in [5, 5.41) is 11.5. The SMILES string of the molecule is c1ccc2c(c1)c1ccccc1c1c2[nH]c2ccc3ccsc3c21. The molecule has 0 aliphatic carbocycles. The van der Waals surface area contributed by atoms with Gasteiger partial charge in [0.1, 0.15) is 0 Å². The normalized spacial score (nSPS) is 12.2. The molecule has 4 aromatic carbocycles. The first-order valence-electron chi connectivity index (χ1n) is 8.13.